The summed E-state index contributed by atoms with van der Waals surface area (Å²) in [5.41, 5.74) is 7.08. The maximum Gasteiger partial charge on any atom is 0.328 e. The average Bonchev–Trinajstić information content (AvgIpc) is 2.45. The SMILES string of the molecule is Cc1cc(/C=C/C(=O)O)cnc1N1CCCC(C(N)=O)C1. The Morgan fingerprint density at radius 2 is 2.29 bits per heavy atom. The van der Waals surface area contributed by atoms with Crippen LogP contribution in [0.4, 0.5) is 5.82 Å². The number of piperidine rings is 1. The van der Waals surface area contributed by atoms with Gasteiger partial charge in [-0.3, -0.25) is 4.79 Å². The van der Waals surface area contributed by atoms with Crippen molar-refractivity contribution in [1.29, 1.82) is 0 Å². The number of rotatable bonds is 4. The first-order valence-corrected chi connectivity index (χ1v) is 6.89. The van der Waals surface area contributed by atoms with Gasteiger partial charge in [0.25, 0.3) is 0 Å². The maximum atomic E-state index is 11.3. The van der Waals surface area contributed by atoms with Gasteiger partial charge in [0.05, 0.1) is 5.92 Å². The quantitative estimate of drug-likeness (QED) is 0.812. The molecule has 0 bridgehead atoms. The molecule has 21 heavy (non-hydrogen) atoms. The number of pyridine rings is 1. The first-order chi connectivity index (χ1) is 9.97. The van der Waals surface area contributed by atoms with E-state index in [1.807, 2.05) is 13.0 Å². The number of amides is 1. The second kappa shape index (κ2) is 6.39. The lowest BCUT2D eigenvalue weighted by Gasteiger charge is -2.33. The molecule has 1 aliphatic heterocycles. The van der Waals surface area contributed by atoms with E-state index in [0.717, 1.165) is 42.4 Å². The third-order valence-electron chi connectivity index (χ3n) is 3.61. The minimum atomic E-state index is -0.989. The standard InChI is InChI=1S/C15H19N3O3/c1-10-7-11(4-5-13(19)20)8-17-15(10)18-6-2-3-12(9-18)14(16)21/h4-5,7-8,12H,2-3,6,9H2,1H3,(H2,16,21)(H,19,20)/b5-4+. The van der Waals surface area contributed by atoms with E-state index in [-0.39, 0.29) is 11.8 Å². The minimum absolute atomic E-state index is 0.133. The Bertz CT molecular complexity index is 584. The van der Waals surface area contributed by atoms with E-state index < -0.39 is 5.97 Å². The number of aryl methyl sites for hydroxylation is 1. The normalized spacial score (nSPS) is 18.9. The molecule has 6 heteroatoms. The fourth-order valence-electron chi connectivity index (χ4n) is 2.58. The Balaban J connectivity index is 2.17. The molecule has 2 heterocycles. The molecular weight excluding hydrogens is 270 g/mol. The second-order valence-electron chi connectivity index (χ2n) is 5.27. The molecule has 0 saturated carbocycles. The minimum Gasteiger partial charge on any atom is -0.478 e. The van der Waals surface area contributed by atoms with E-state index in [0.29, 0.717) is 6.54 Å². The molecule has 112 valence electrons. The highest BCUT2D eigenvalue weighted by Crippen LogP contribution is 2.24. The lowest BCUT2D eigenvalue weighted by Crippen LogP contribution is -2.41. The number of nitrogens with zero attached hydrogens (tertiary/aromatic N) is 2. The highest BCUT2D eigenvalue weighted by atomic mass is 16.4. The highest BCUT2D eigenvalue weighted by molar-refractivity contribution is 5.85. The number of nitrogens with two attached hydrogens (primary N) is 1. The molecule has 1 fully saturated rings. The van der Waals surface area contributed by atoms with Crippen molar-refractivity contribution in [2.75, 3.05) is 18.0 Å². The third-order valence-corrected chi connectivity index (χ3v) is 3.61. The van der Waals surface area contributed by atoms with Crippen LogP contribution in [0, 0.1) is 12.8 Å². The number of hydrogen-bond donors (Lipinski definition) is 2. The molecule has 0 aliphatic carbocycles. The van der Waals surface area contributed by atoms with Crippen molar-refractivity contribution in [1.82, 2.24) is 4.98 Å². The molecule has 2 rings (SSSR count). The monoisotopic (exact) mass is 289 g/mol. The third kappa shape index (κ3) is 3.81. The van der Waals surface area contributed by atoms with Crippen LogP contribution >= 0.6 is 0 Å². The van der Waals surface area contributed by atoms with Crippen LogP contribution in [0.25, 0.3) is 6.08 Å². The second-order valence-corrected chi connectivity index (χ2v) is 5.27. The molecule has 1 saturated heterocycles. The van der Waals surface area contributed by atoms with Crippen molar-refractivity contribution in [3.63, 3.8) is 0 Å². The fraction of sp³-hybridized carbons (Fsp3) is 0.400. The van der Waals surface area contributed by atoms with Crippen LogP contribution in [-0.2, 0) is 9.59 Å². The van der Waals surface area contributed by atoms with E-state index in [4.69, 9.17) is 10.8 Å². The van der Waals surface area contributed by atoms with Gasteiger partial charge in [-0.1, -0.05) is 0 Å². The summed E-state index contributed by atoms with van der Waals surface area (Å²) in [6.45, 7) is 3.36. The zero-order valence-electron chi connectivity index (χ0n) is 12.0. The van der Waals surface area contributed by atoms with Crippen molar-refractivity contribution in [3.8, 4) is 0 Å². The van der Waals surface area contributed by atoms with Gasteiger partial charge < -0.3 is 15.7 Å². The summed E-state index contributed by atoms with van der Waals surface area (Å²) >= 11 is 0. The molecule has 6 nitrogen and oxygen atoms in total. The summed E-state index contributed by atoms with van der Waals surface area (Å²) in [5.74, 6) is -0.560. The summed E-state index contributed by atoms with van der Waals surface area (Å²) in [6.07, 6.45) is 5.96. The Kier molecular flexibility index (Phi) is 4.57. The van der Waals surface area contributed by atoms with Gasteiger partial charge in [0.1, 0.15) is 5.82 Å². The van der Waals surface area contributed by atoms with Crippen LogP contribution in [0.1, 0.15) is 24.0 Å². The Labute approximate surface area is 123 Å². The first kappa shape index (κ1) is 15.0. The van der Waals surface area contributed by atoms with E-state index in [9.17, 15) is 9.59 Å². The van der Waals surface area contributed by atoms with E-state index in [1.54, 1.807) is 6.20 Å². The summed E-state index contributed by atoms with van der Waals surface area (Å²) in [5, 5.41) is 8.62. The maximum absolute atomic E-state index is 11.3. The van der Waals surface area contributed by atoms with Crippen molar-refractivity contribution in [3.05, 3.63) is 29.5 Å². The summed E-state index contributed by atoms with van der Waals surface area (Å²) in [7, 11) is 0. The van der Waals surface area contributed by atoms with E-state index >= 15 is 0 Å². The van der Waals surface area contributed by atoms with Crippen LogP contribution in [0.5, 0.6) is 0 Å². The van der Waals surface area contributed by atoms with Crippen molar-refractivity contribution >= 4 is 23.8 Å². The molecule has 0 radical (unpaired) electrons. The molecule has 1 aromatic rings. The predicted octanol–water partition coefficient (Wildman–Crippen LogP) is 1.19. The van der Waals surface area contributed by atoms with Crippen LogP contribution < -0.4 is 10.6 Å². The molecule has 1 unspecified atom stereocenters. The van der Waals surface area contributed by atoms with E-state index in [1.165, 1.54) is 6.08 Å². The van der Waals surface area contributed by atoms with Gasteiger partial charge in [0, 0.05) is 25.4 Å². The number of aromatic nitrogens is 1. The number of carboxylic acids is 1. The molecule has 1 aromatic heterocycles. The van der Waals surface area contributed by atoms with Crippen molar-refractivity contribution in [2.45, 2.75) is 19.8 Å². The number of anilines is 1. The van der Waals surface area contributed by atoms with Gasteiger partial charge in [-0.15, -0.1) is 0 Å². The Morgan fingerprint density at radius 3 is 2.90 bits per heavy atom. The van der Waals surface area contributed by atoms with Crippen LogP contribution in [0.2, 0.25) is 0 Å². The Morgan fingerprint density at radius 1 is 1.52 bits per heavy atom. The largest absolute Gasteiger partial charge is 0.478 e. The number of primary amides is 1. The number of carbonyl (C=O) groups excluding carboxylic acids is 1. The average molecular weight is 289 g/mol. The molecular formula is C15H19N3O3. The fourth-order valence-corrected chi connectivity index (χ4v) is 2.58. The zero-order valence-corrected chi connectivity index (χ0v) is 12.0. The zero-order chi connectivity index (χ0) is 15.4. The van der Waals surface area contributed by atoms with Gasteiger partial charge in [-0.25, -0.2) is 9.78 Å². The molecule has 0 aromatic carbocycles. The van der Waals surface area contributed by atoms with Gasteiger partial charge >= 0.3 is 5.97 Å². The number of hydrogen-bond acceptors (Lipinski definition) is 4. The van der Waals surface area contributed by atoms with Crippen LogP contribution in [0.3, 0.4) is 0 Å². The van der Waals surface area contributed by atoms with Gasteiger partial charge in [0.2, 0.25) is 5.91 Å². The van der Waals surface area contributed by atoms with Crippen molar-refractivity contribution < 1.29 is 14.7 Å². The molecule has 1 amide bonds. The Hall–Kier alpha value is -2.37. The molecule has 1 aliphatic rings. The predicted molar refractivity (Wildman–Crippen MR) is 79.8 cm³/mol. The molecule has 3 N–H and O–H groups in total. The van der Waals surface area contributed by atoms with Gasteiger partial charge in [-0.2, -0.15) is 0 Å². The summed E-state index contributed by atoms with van der Waals surface area (Å²) in [6, 6.07) is 1.88. The lowest BCUT2D eigenvalue weighted by atomic mass is 9.97. The topological polar surface area (TPSA) is 96.5 Å². The lowest BCUT2D eigenvalue weighted by molar-refractivity contribution is -0.131. The number of carbonyl (C=O) groups is 2. The van der Waals surface area contributed by atoms with Gasteiger partial charge in [-0.05, 0) is 43.0 Å². The van der Waals surface area contributed by atoms with E-state index in [2.05, 4.69) is 9.88 Å². The van der Waals surface area contributed by atoms with Crippen LogP contribution in [-0.4, -0.2) is 35.1 Å². The highest BCUT2D eigenvalue weighted by Gasteiger charge is 2.25. The summed E-state index contributed by atoms with van der Waals surface area (Å²) in [4.78, 5) is 28.3. The van der Waals surface area contributed by atoms with Gasteiger partial charge in [0.15, 0.2) is 0 Å². The van der Waals surface area contributed by atoms with Crippen molar-refractivity contribution in [2.24, 2.45) is 11.7 Å². The number of carboxylic acid groups (broad SMARTS) is 1. The first-order valence-electron chi connectivity index (χ1n) is 6.89. The summed E-state index contributed by atoms with van der Waals surface area (Å²) < 4.78 is 0. The smallest absolute Gasteiger partial charge is 0.328 e. The molecule has 1 atom stereocenters. The number of aliphatic carboxylic acids is 1. The molecule has 0 spiro atoms. The van der Waals surface area contributed by atoms with Crippen LogP contribution in [0.15, 0.2) is 18.3 Å².